The monoisotopic (exact) mass is 527 g/mol. The van der Waals surface area contributed by atoms with Gasteiger partial charge in [0, 0.05) is 48.9 Å². The van der Waals surface area contributed by atoms with Crippen LogP contribution in [-0.4, -0.2) is 56.9 Å². The molecule has 1 aliphatic heterocycles. The predicted molar refractivity (Wildman–Crippen MR) is 144 cm³/mol. The van der Waals surface area contributed by atoms with Gasteiger partial charge in [-0.25, -0.2) is 28.7 Å². The van der Waals surface area contributed by atoms with Crippen LogP contribution < -0.4 is 4.90 Å². The fraction of sp³-hybridized carbons (Fsp3) is 0.310. The van der Waals surface area contributed by atoms with Crippen LogP contribution in [0.2, 0.25) is 0 Å². The average molecular weight is 528 g/mol. The first-order valence-corrected chi connectivity index (χ1v) is 12.7. The van der Waals surface area contributed by atoms with Gasteiger partial charge in [0.1, 0.15) is 22.8 Å². The lowest BCUT2D eigenvalue weighted by molar-refractivity contribution is -0.134. The highest BCUT2D eigenvalue weighted by Crippen LogP contribution is 2.32. The Morgan fingerprint density at radius 3 is 2.33 bits per heavy atom. The van der Waals surface area contributed by atoms with Crippen LogP contribution in [0.4, 0.5) is 14.5 Å². The molecule has 39 heavy (non-hydrogen) atoms. The Morgan fingerprint density at radius 1 is 0.949 bits per heavy atom. The molecule has 4 aromatic rings. The summed E-state index contributed by atoms with van der Waals surface area (Å²) in [6.07, 6.45) is 0. The van der Waals surface area contributed by atoms with Gasteiger partial charge in [0.15, 0.2) is 11.5 Å². The van der Waals surface area contributed by atoms with Gasteiger partial charge in [-0.2, -0.15) is 5.26 Å². The molecule has 0 N–H and O–H groups in total. The Kier molecular flexibility index (Phi) is 6.91. The van der Waals surface area contributed by atoms with E-state index in [0.717, 1.165) is 6.07 Å². The van der Waals surface area contributed by atoms with E-state index in [-0.39, 0.29) is 40.1 Å². The number of fused-ring (bicyclic) bond motifs is 1. The molecule has 0 aliphatic carbocycles. The zero-order chi connectivity index (χ0) is 27.8. The number of aromatic nitrogens is 4. The van der Waals surface area contributed by atoms with E-state index in [1.165, 1.54) is 24.3 Å². The Morgan fingerprint density at radius 2 is 1.67 bits per heavy atom. The maximum atomic E-state index is 15.1. The van der Waals surface area contributed by atoms with Gasteiger partial charge >= 0.3 is 0 Å². The van der Waals surface area contributed by atoms with Gasteiger partial charge in [-0.3, -0.25) is 4.79 Å². The second-order valence-electron chi connectivity index (χ2n) is 9.93. The quantitative estimate of drug-likeness (QED) is 0.375. The summed E-state index contributed by atoms with van der Waals surface area (Å²) >= 11 is 0. The second-order valence-corrected chi connectivity index (χ2v) is 9.93. The number of halogens is 2. The highest BCUT2D eigenvalue weighted by molar-refractivity contribution is 5.89. The van der Waals surface area contributed by atoms with Crippen molar-refractivity contribution in [1.29, 1.82) is 5.26 Å². The van der Waals surface area contributed by atoms with Gasteiger partial charge in [-0.1, -0.05) is 13.8 Å². The maximum absolute atomic E-state index is 15.1. The number of aryl methyl sites for hydroxylation is 2. The van der Waals surface area contributed by atoms with Crippen LogP contribution in [0.15, 0.2) is 36.4 Å². The number of carbonyl (C=O) groups excluding carboxylic acids is 1. The van der Waals surface area contributed by atoms with Crippen molar-refractivity contribution in [1.82, 2.24) is 24.8 Å². The molecule has 198 valence electrons. The first-order chi connectivity index (χ1) is 18.6. The van der Waals surface area contributed by atoms with Crippen molar-refractivity contribution < 1.29 is 13.6 Å². The fourth-order valence-electron chi connectivity index (χ4n) is 4.64. The SMILES string of the molecule is Cc1nc2nc(-c3cc(F)cc(N4CCN(C(=O)C(C)C)CC4)c3)nc(-c3ccc(C#N)cc3F)c2nc1C. The number of rotatable bonds is 4. The number of anilines is 1. The summed E-state index contributed by atoms with van der Waals surface area (Å²) in [5.41, 5.74) is 3.45. The second kappa shape index (κ2) is 10.3. The summed E-state index contributed by atoms with van der Waals surface area (Å²) in [7, 11) is 0. The van der Waals surface area contributed by atoms with Gasteiger partial charge in [0.05, 0.1) is 23.0 Å². The van der Waals surface area contributed by atoms with Crippen LogP contribution in [0, 0.1) is 42.7 Å². The molecule has 0 radical (unpaired) electrons. The normalized spacial score (nSPS) is 13.7. The third-order valence-electron chi connectivity index (χ3n) is 6.89. The van der Waals surface area contributed by atoms with Crippen molar-refractivity contribution in [3.05, 3.63) is 65.0 Å². The minimum Gasteiger partial charge on any atom is -0.368 e. The van der Waals surface area contributed by atoms with Gasteiger partial charge in [-0.05, 0) is 50.2 Å². The van der Waals surface area contributed by atoms with Gasteiger partial charge in [0.2, 0.25) is 5.91 Å². The standard InChI is InChI=1S/C29H27F2N7O/c1-16(2)29(39)38-9-7-37(8-10-38)22-13-20(12-21(30)14-22)27-35-25(23-6-5-19(15-32)11-24(23)31)26-28(36-27)34-18(4)17(3)33-26/h5-6,11-14,16H,7-10H2,1-4H3. The number of amides is 1. The third kappa shape index (κ3) is 5.12. The number of hydrogen-bond acceptors (Lipinski definition) is 7. The molecule has 2 aromatic heterocycles. The Bertz CT molecular complexity index is 1640. The summed E-state index contributed by atoms with van der Waals surface area (Å²) in [6.45, 7) is 9.57. The van der Waals surface area contributed by atoms with E-state index in [0.29, 0.717) is 54.3 Å². The number of nitrogens with zero attached hydrogens (tertiary/aromatic N) is 7. The average Bonchev–Trinajstić information content (AvgIpc) is 2.92. The van der Waals surface area contributed by atoms with E-state index in [1.807, 2.05) is 29.7 Å². The zero-order valence-electron chi connectivity index (χ0n) is 22.2. The third-order valence-corrected chi connectivity index (χ3v) is 6.89. The molecule has 8 nitrogen and oxygen atoms in total. The van der Waals surface area contributed by atoms with E-state index >= 15 is 4.39 Å². The lowest BCUT2D eigenvalue weighted by Gasteiger charge is -2.37. The van der Waals surface area contributed by atoms with Gasteiger partial charge in [0.25, 0.3) is 0 Å². The van der Waals surface area contributed by atoms with Crippen LogP contribution in [0.3, 0.4) is 0 Å². The molecule has 0 bridgehead atoms. The van der Waals surface area contributed by atoms with Crippen molar-refractivity contribution in [2.24, 2.45) is 5.92 Å². The molecule has 1 saturated heterocycles. The molecule has 1 fully saturated rings. The molecular weight excluding hydrogens is 500 g/mol. The first-order valence-electron chi connectivity index (χ1n) is 12.7. The van der Waals surface area contributed by atoms with Crippen LogP contribution in [0.5, 0.6) is 0 Å². The van der Waals surface area contributed by atoms with Crippen LogP contribution in [0.25, 0.3) is 33.8 Å². The summed E-state index contributed by atoms with van der Waals surface area (Å²) in [5, 5.41) is 9.16. The number of carbonyl (C=O) groups is 1. The van der Waals surface area contributed by atoms with Crippen molar-refractivity contribution in [2.75, 3.05) is 31.1 Å². The maximum Gasteiger partial charge on any atom is 0.225 e. The van der Waals surface area contributed by atoms with Crippen LogP contribution in [0.1, 0.15) is 30.8 Å². The van der Waals surface area contributed by atoms with Crippen molar-refractivity contribution in [3.63, 3.8) is 0 Å². The Hall–Kier alpha value is -4.52. The molecule has 1 aliphatic rings. The first kappa shape index (κ1) is 26.1. The number of piperazine rings is 1. The van der Waals surface area contributed by atoms with Crippen molar-refractivity contribution in [3.8, 4) is 28.7 Å². The van der Waals surface area contributed by atoms with Gasteiger partial charge in [-0.15, -0.1) is 0 Å². The van der Waals surface area contributed by atoms with E-state index in [1.54, 1.807) is 19.9 Å². The minimum atomic E-state index is -0.631. The highest BCUT2D eigenvalue weighted by Gasteiger charge is 2.24. The largest absolute Gasteiger partial charge is 0.368 e. The summed E-state index contributed by atoms with van der Waals surface area (Å²) in [5.74, 6) is -0.896. The highest BCUT2D eigenvalue weighted by atomic mass is 19.1. The molecule has 1 amide bonds. The van der Waals surface area contributed by atoms with E-state index < -0.39 is 11.6 Å². The van der Waals surface area contributed by atoms with E-state index in [2.05, 4.69) is 19.9 Å². The molecule has 0 unspecified atom stereocenters. The Labute approximate surface area is 225 Å². The predicted octanol–water partition coefficient (Wildman–Crippen LogP) is 4.83. The number of hydrogen-bond donors (Lipinski definition) is 0. The topological polar surface area (TPSA) is 98.9 Å². The molecule has 2 aromatic carbocycles. The van der Waals surface area contributed by atoms with Gasteiger partial charge < -0.3 is 9.80 Å². The molecule has 0 saturated carbocycles. The summed E-state index contributed by atoms with van der Waals surface area (Å²) < 4.78 is 30.0. The molecule has 5 rings (SSSR count). The summed E-state index contributed by atoms with van der Waals surface area (Å²) in [6, 6.07) is 10.6. The fourth-order valence-corrected chi connectivity index (χ4v) is 4.64. The summed E-state index contributed by atoms with van der Waals surface area (Å²) in [4.78, 5) is 34.6. The minimum absolute atomic E-state index is 0.0759. The Balaban J connectivity index is 1.59. The zero-order valence-corrected chi connectivity index (χ0v) is 22.2. The van der Waals surface area contributed by atoms with Crippen molar-refractivity contribution in [2.45, 2.75) is 27.7 Å². The number of benzene rings is 2. The molecule has 10 heteroatoms. The lowest BCUT2D eigenvalue weighted by Crippen LogP contribution is -2.49. The van der Waals surface area contributed by atoms with E-state index in [9.17, 15) is 9.18 Å². The van der Waals surface area contributed by atoms with Crippen LogP contribution in [-0.2, 0) is 4.79 Å². The molecule has 0 atom stereocenters. The molecular formula is C29H27F2N7O. The molecule has 3 heterocycles. The van der Waals surface area contributed by atoms with E-state index in [4.69, 9.17) is 5.26 Å². The number of nitriles is 1. The van der Waals surface area contributed by atoms with Crippen molar-refractivity contribution >= 4 is 22.8 Å². The molecule has 0 spiro atoms. The smallest absolute Gasteiger partial charge is 0.225 e. The lowest BCUT2D eigenvalue weighted by atomic mass is 10.1. The van der Waals surface area contributed by atoms with Crippen LogP contribution >= 0.6 is 0 Å².